The van der Waals surface area contributed by atoms with E-state index in [2.05, 4.69) is 36.2 Å². The fourth-order valence-electron chi connectivity index (χ4n) is 3.48. The van der Waals surface area contributed by atoms with Crippen LogP contribution in [-0.2, 0) is 6.54 Å². The molecule has 1 aliphatic heterocycles. The second-order valence-electron chi connectivity index (χ2n) is 6.72. The topological polar surface area (TPSA) is 82.6 Å². The molecule has 0 bridgehead atoms. The Morgan fingerprint density at radius 3 is 3.04 bits per heavy atom. The van der Waals surface area contributed by atoms with Gasteiger partial charge in [-0.2, -0.15) is 0 Å². The van der Waals surface area contributed by atoms with Gasteiger partial charge in [0, 0.05) is 43.2 Å². The normalized spacial score (nSPS) is 18.0. The number of nitrogens with zero attached hydrogens (tertiary/aromatic N) is 5. The standard InChI is InChI=1S/C19H23N7/c1-14-23-17(9-19(24-14)25-18-6-2-3-7-21-18)15-5-4-8-26(11-15)12-16-10-20-13-22-16/h2-3,6-7,9-10,13,15H,4-5,8,11-12H2,1H3,(H,20,22)(H,21,23,24,25)/t15-/m1/s1. The molecule has 1 saturated heterocycles. The first-order valence-electron chi connectivity index (χ1n) is 8.99. The monoisotopic (exact) mass is 349 g/mol. The molecule has 3 aromatic rings. The maximum absolute atomic E-state index is 4.71. The van der Waals surface area contributed by atoms with E-state index in [1.807, 2.05) is 31.3 Å². The van der Waals surface area contributed by atoms with Crippen LogP contribution in [-0.4, -0.2) is 42.9 Å². The molecule has 134 valence electrons. The number of aromatic nitrogens is 5. The molecule has 26 heavy (non-hydrogen) atoms. The highest BCUT2D eigenvalue weighted by Crippen LogP contribution is 2.28. The predicted octanol–water partition coefficient (Wildman–Crippen LogP) is 3.03. The predicted molar refractivity (Wildman–Crippen MR) is 100 cm³/mol. The minimum Gasteiger partial charge on any atom is -0.347 e. The van der Waals surface area contributed by atoms with E-state index in [9.17, 15) is 0 Å². The van der Waals surface area contributed by atoms with E-state index in [1.54, 1.807) is 12.5 Å². The molecule has 0 saturated carbocycles. The van der Waals surface area contributed by atoms with Crippen molar-refractivity contribution in [2.24, 2.45) is 0 Å². The van der Waals surface area contributed by atoms with Gasteiger partial charge in [-0.1, -0.05) is 6.07 Å². The Morgan fingerprint density at radius 2 is 2.23 bits per heavy atom. The van der Waals surface area contributed by atoms with Crippen molar-refractivity contribution in [1.29, 1.82) is 0 Å². The fraction of sp³-hybridized carbons (Fsp3) is 0.368. The van der Waals surface area contributed by atoms with Gasteiger partial charge >= 0.3 is 0 Å². The molecule has 0 aliphatic carbocycles. The van der Waals surface area contributed by atoms with Crippen LogP contribution in [0.4, 0.5) is 11.6 Å². The summed E-state index contributed by atoms with van der Waals surface area (Å²) in [6.07, 6.45) is 7.73. The maximum Gasteiger partial charge on any atom is 0.135 e. The smallest absolute Gasteiger partial charge is 0.135 e. The number of pyridine rings is 1. The fourth-order valence-corrected chi connectivity index (χ4v) is 3.48. The Kier molecular flexibility index (Phi) is 4.88. The van der Waals surface area contributed by atoms with Gasteiger partial charge in [-0.3, -0.25) is 4.90 Å². The van der Waals surface area contributed by atoms with Crippen molar-refractivity contribution in [2.45, 2.75) is 32.2 Å². The third-order valence-electron chi connectivity index (χ3n) is 4.65. The Balaban J connectivity index is 1.49. The number of hydrogen-bond acceptors (Lipinski definition) is 6. The second kappa shape index (κ2) is 7.61. The summed E-state index contributed by atoms with van der Waals surface area (Å²) in [7, 11) is 0. The summed E-state index contributed by atoms with van der Waals surface area (Å²) < 4.78 is 0. The van der Waals surface area contributed by atoms with Crippen molar-refractivity contribution < 1.29 is 0 Å². The zero-order valence-corrected chi connectivity index (χ0v) is 14.9. The van der Waals surface area contributed by atoms with Crippen molar-refractivity contribution >= 4 is 11.6 Å². The van der Waals surface area contributed by atoms with Gasteiger partial charge in [0.25, 0.3) is 0 Å². The molecule has 1 fully saturated rings. The summed E-state index contributed by atoms with van der Waals surface area (Å²) in [5.74, 6) is 2.79. The van der Waals surface area contributed by atoms with Crippen molar-refractivity contribution in [3.8, 4) is 0 Å². The second-order valence-corrected chi connectivity index (χ2v) is 6.72. The Hall–Kier alpha value is -2.80. The zero-order valence-electron chi connectivity index (χ0n) is 14.9. The first kappa shape index (κ1) is 16.7. The molecule has 7 heteroatoms. The molecule has 3 aromatic heterocycles. The van der Waals surface area contributed by atoms with Crippen LogP contribution in [0.25, 0.3) is 0 Å². The largest absolute Gasteiger partial charge is 0.347 e. The van der Waals surface area contributed by atoms with Crippen LogP contribution in [0.1, 0.15) is 36.0 Å². The molecular weight excluding hydrogens is 326 g/mol. The van der Waals surface area contributed by atoms with Gasteiger partial charge in [0.05, 0.1) is 12.0 Å². The van der Waals surface area contributed by atoms with Crippen molar-refractivity contribution in [3.05, 3.63) is 60.2 Å². The number of piperidine rings is 1. The van der Waals surface area contributed by atoms with E-state index in [-0.39, 0.29) is 0 Å². The third-order valence-corrected chi connectivity index (χ3v) is 4.65. The van der Waals surface area contributed by atoms with E-state index >= 15 is 0 Å². The highest BCUT2D eigenvalue weighted by atomic mass is 15.1. The molecule has 0 spiro atoms. The number of nitrogens with one attached hydrogen (secondary N) is 2. The number of aromatic amines is 1. The summed E-state index contributed by atoms with van der Waals surface area (Å²) >= 11 is 0. The summed E-state index contributed by atoms with van der Waals surface area (Å²) in [5, 5.41) is 3.28. The summed E-state index contributed by atoms with van der Waals surface area (Å²) in [6, 6.07) is 7.85. The quantitative estimate of drug-likeness (QED) is 0.737. The van der Waals surface area contributed by atoms with Crippen molar-refractivity contribution in [2.75, 3.05) is 18.4 Å². The Bertz CT molecular complexity index is 832. The van der Waals surface area contributed by atoms with Gasteiger partial charge < -0.3 is 10.3 Å². The highest BCUT2D eigenvalue weighted by Gasteiger charge is 2.23. The van der Waals surface area contributed by atoms with Crippen LogP contribution >= 0.6 is 0 Å². The lowest BCUT2D eigenvalue weighted by atomic mass is 9.94. The number of anilines is 2. The molecule has 0 unspecified atom stereocenters. The number of H-pyrrole nitrogens is 1. The first-order chi connectivity index (χ1) is 12.8. The molecule has 0 amide bonds. The minimum absolute atomic E-state index is 0.414. The summed E-state index contributed by atoms with van der Waals surface area (Å²) in [4.78, 5) is 23.3. The summed E-state index contributed by atoms with van der Waals surface area (Å²) in [5.41, 5.74) is 2.26. The van der Waals surface area contributed by atoms with Crippen LogP contribution in [0.5, 0.6) is 0 Å². The lowest BCUT2D eigenvalue weighted by Crippen LogP contribution is -2.34. The molecule has 1 aliphatic rings. The minimum atomic E-state index is 0.414. The average Bonchev–Trinajstić information content (AvgIpc) is 3.15. The molecule has 0 radical (unpaired) electrons. The zero-order chi connectivity index (χ0) is 17.8. The number of hydrogen-bond donors (Lipinski definition) is 2. The molecule has 7 nitrogen and oxygen atoms in total. The van der Waals surface area contributed by atoms with Gasteiger partial charge in [-0.15, -0.1) is 0 Å². The van der Waals surface area contributed by atoms with Crippen LogP contribution < -0.4 is 5.32 Å². The Labute approximate surface area is 152 Å². The van der Waals surface area contributed by atoms with Gasteiger partial charge in [0.1, 0.15) is 17.5 Å². The highest BCUT2D eigenvalue weighted by molar-refractivity contribution is 5.51. The van der Waals surface area contributed by atoms with Crippen molar-refractivity contribution in [1.82, 2.24) is 29.8 Å². The molecule has 1 atom stereocenters. The van der Waals surface area contributed by atoms with Gasteiger partial charge in [0.2, 0.25) is 0 Å². The number of imidazole rings is 1. The average molecular weight is 349 g/mol. The van der Waals surface area contributed by atoms with E-state index in [4.69, 9.17) is 4.98 Å². The number of rotatable bonds is 5. The molecule has 4 rings (SSSR count). The molecule has 2 N–H and O–H groups in total. The van der Waals surface area contributed by atoms with E-state index in [0.717, 1.165) is 54.9 Å². The molecule has 0 aromatic carbocycles. The van der Waals surface area contributed by atoms with Crippen LogP contribution in [0, 0.1) is 6.92 Å². The maximum atomic E-state index is 4.71. The Morgan fingerprint density at radius 1 is 1.27 bits per heavy atom. The van der Waals surface area contributed by atoms with E-state index in [1.165, 1.54) is 6.42 Å². The van der Waals surface area contributed by atoms with Gasteiger partial charge in [-0.05, 0) is 38.4 Å². The van der Waals surface area contributed by atoms with Crippen LogP contribution in [0.3, 0.4) is 0 Å². The van der Waals surface area contributed by atoms with Crippen LogP contribution in [0.2, 0.25) is 0 Å². The third kappa shape index (κ3) is 4.05. The van der Waals surface area contributed by atoms with Crippen LogP contribution in [0.15, 0.2) is 43.0 Å². The lowest BCUT2D eigenvalue weighted by Gasteiger charge is -2.32. The first-order valence-corrected chi connectivity index (χ1v) is 8.99. The van der Waals surface area contributed by atoms with E-state index in [0.29, 0.717) is 5.92 Å². The van der Waals surface area contributed by atoms with Crippen molar-refractivity contribution in [3.63, 3.8) is 0 Å². The summed E-state index contributed by atoms with van der Waals surface area (Å²) in [6.45, 7) is 4.95. The molecular formula is C19H23N7. The van der Waals surface area contributed by atoms with Gasteiger partial charge in [-0.25, -0.2) is 19.9 Å². The lowest BCUT2D eigenvalue weighted by molar-refractivity contribution is 0.196. The van der Waals surface area contributed by atoms with Gasteiger partial charge in [0.15, 0.2) is 0 Å². The number of aryl methyl sites for hydroxylation is 1. The molecule has 4 heterocycles. The SMILES string of the molecule is Cc1nc(Nc2ccccn2)cc([C@@H]2CCCN(Cc3cnc[nH]3)C2)n1. The number of likely N-dealkylation sites (tertiary alicyclic amines) is 1. The van der Waals surface area contributed by atoms with E-state index < -0.39 is 0 Å².